The third-order valence-electron chi connectivity index (χ3n) is 3.35. The maximum Gasteiger partial charge on any atom is 0.222 e. The molecule has 1 amide bonds. The summed E-state index contributed by atoms with van der Waals surface area (Å²) in [5, 5.41) is 0. The fourth-order valence-electron chi connectivity index (χ4n) is 2.23. The molecule has 0 N–H and O–H groups in total. The molecule has 0 aliphatic heterocycles. The molecule has 0 saturated heterocycles. The van der Waals surface area contributed by atoms with Gasteiger partial charge in [-0.2, -0.15) is 0 Å². The predicted molar refractivity (Wildman–Crippen MR) is 84.6 cm³/mol. The molecule has 0 atom stereocenters. The zero-order valence-corrected chi connectivity index (χ0v) is 13.9. The van der Waals surface area contributed by atoms with Gasteiger partial charge in [-0.3, -0.25) is 4.79 Å². The lowest BCUT2D eigenvalue weighted by Crippen LogP contribution is -2.36. The molecule has 0 saturated carbocycles. The lowest BCUT2D eigenvalue weighted by Gasteiger charge is -2.24. The Kier molecular flexibility index (Phi) is 7.88. The third kappa shape index (κ3) is 6.02. The van der Waals surface area contributed by atoms with E-state index < -0.39 is 5.82 Å². The molecule has 1 rings (SSSR count). The molecule has 0 unspecified atom stereocenters. The molecular weight excluding hydrogens is 285 g/mol. The van der Waals surface area contributed by atoms with E-state index in [0.29, 0.717) is 38.5 Å². The minimum atomic E-state index is -0.397. The normalized spacial score (nSPS) is 10.8. The van der Waals surface area contributed by atoms with E-state index in [2.05, 4.69) is 13.8 Å². The number of rotatable bonds is 9. The summed E-state index contributed by atoms with van der Waals surface area (Å²) in [7, 11) is 3.05. The van der Waals surface area contributed by atoms with Crippen LogP contribution < -0.4 is 4.74 Å². The summed E-state index contributed by atoms with van der Waals surface area (Å²) >= 11 is 0. The van der Waals surface area contributed by atoms with Crippen LogP contribution in [0.3, 0.4) is 0 Å². The highest BCUT2D eigenvalue weighted by Crippen LogP contribution is 2.18. The van der Waals surface area contributed by atoms with Gasteiger partial charge in [0.2, 0.25) is 5.91 Å². The lowest BCUT2D eigenvalue weighted by molar-refractivity contribution is -0.132. The second-order valence-corrected chi connectivity index (χ2v) is 5.70. The van der Waals surface area contributed by atoms with E-state index in [-0.39, 0.29) is 11.7 Å². The molecule has 0 aliphatic rings. The fraction of sp³-hybridized carbons (Fsp3) is 0.588. The van der Waals surface area contributed by atoms with Gasteiger partial charge in [-0.1, -0.05) is 19.9 Å². The number of ether oxygens (including phenoxy) is 2. The maximum absolute atomic E-state index is 13.6. The average molecular weight is 311 g/mol. The number of halogens is 1. The Labute approximate surface area is 132 Å². The van der Waals surface area contributed by atoms with Gasteiger partial charge in [0, 0.05) is 26.6 Å². The van der Waals surface area contributed by atoms with Gasteiger partial charge in [-0.25, -0.2) is 4.39 Å². The van der Waals surface area contributed by atoms with Crippen LogP contribution in [0.1, 0.15) is 25.8 Å². The second kappa shape index (κ2) is 9.41. The van der Waals surface area contributed by atoms with Crippen molar-refractivity contribution in [3.63, 3.8) is 0 Å². The summed E-state index contributed by atoms with van der Waals surface area (Å²) in [5.41, 5.74) is 0.794. The van der Waals surface area contributed by atoms with Crippen molar-refractivity contribution in [2.24, 2.45) is 5.92 Å². The number of hydrogen-bond donors (Lipinski definition) is 0. The first kappa shape index (κ1) is 18.4. The minimum absolute atomic E-state index is 0.0713. The summed E-state index contributed by atoms with van der Waals surface area (Å²) in [5.74, 6) is 0.295. The number of nitrogens with zero attached hydrogens (tertiary/aromatic N) is 1. The van der Waals surface area contributed by atoms with Crippen LogP contribution in [0.2, 0.25) is 0 Å². The monoisotopic (exact) mass is 311 g/mol. The SMILES string of the molecule is COCCN(CC(C)C)C(=O)CCc1ccc(OC)c(F)c1. The van der Waals surface area contributed by atoms with Crippen molar-refractivity contribution in [1.82, 2.24) is 4.90 Å². The van der Waals surface area contributed by atoms with Crippen molar-refractivity contribution in [2.75, 3.05) is 33.9 Å². The van der Waals surface area contributed by atoms with E-state index in [0.717, 1.165) is 5.56 Å². The molecule has 1 aromatic rings. The first-order valence-electron chi connectivity index (χ1n) is 7.57. The van der Waals surface area contributed by atoms with Gasteiger partial charge in [0.05, 0.1) is 13.7 Å². The van der Waals surface area contributed by atoms with Crippen molar-refractivity contribution < 1.29 is 18.7 Å². The highest BCUT2D eigenvalue weighted by Gasteiger charge is 2.15. The van der Waals surface area contributed by atoms with Gasteiger partial charge in [0.1, 0.15) is 0 Å². The predicted octanol–water partition coefficient (Wildman–Crippen LogP) is 2.90. The molecule has 124 valence electrons. The van der Waals surface area contributed by atoms with Crippen LogP contribution in [-0.4, -0.2) is 44.7 Å². The topological polar surface area (TPSA) is 38.8 Å². The molecule has 0 aliphatic carbocycles. The highest BCUT2D eigenvalue weighted by atomic mass is 19.1. The maximum atomic E-state index is 13.6. The number of aryl methyl sites for hydroxylation is 1. The van der Waals surface area contributed by atoms with E-state index in [1.807, 2.05) is 4.90 Å². The van der Waals surface area contributed by atoms with Crippen LogP contribution >= 0.6 is 0 Å². The van der Waals surface area contributed by atoms with E-state index in [1.165, 1.54) is 13.2 Å². The minimum Gasteiger partial charge on any atom is -0.494 e. The Morgan fingerprint density at radius 3 is 2.59 bits per heavy atom. The van der Waals surface area contributed by atoms with Gasteiger partial charge in [0.15, 0.2) is 11.6 Å². The number of benzene rings is 1. The molecule has 0 bridgehead atoms. The van der Waals surface area contributed by atoms with Crippen LogP contribution in [0.4, 0.5) is 4.39 Å². The number of methoxy groups -OCH3 is 2. The summed E-state index contributed by atoms with van der Waals surface area (Å²) in [6.07, 6.45) is 0.879. The first-order chi connectivity index (χ1) is 10.5. The van der Waals surface area contributed by atoms with Crippen molar-refractivity contribution in [2.45, 2.75) is 26.7 Å². The smallest absolute Gasteiger partial charge is 0.222 e. The van der Waals surface area contributed by atoms with Gasteiger partial charge in [-0.05, 0) is 30.0 Å². The highest BCUT2D eigenvalue weighted by molar-refractivity contribution is 5.76. The summed E-state index contributed by atoms with van der Waals surface area (Å²) in [6.45, 7) is 5.97. The van der Waals surface area contributed by atoms with E-state index in [4.69, 9.17) is 9.47 Å². The number of carbonyl (C=O) groups is 1. The zero-order chi connectivity index (χ0) is 16.5. The molecular formula is C17H26FNO3. The molecule has 0 heterocycles. The van der Waals surface area contributed by atoms with E-state index in [1.54, 1.807) is 19.2 Å². The van der Waals surface area contributed by atoms with Crippen molar-refractivity contribution >= 4 is 5.91 Å². The first-order valence-corrected chi connectivity index (χ1v) is 7.57. The third-order valence-corrected chi connectivity index (χ3v) is 3.35. The van der Waals surface area contributed by atoms with Crippen molar-refractivity contribution in [1.29, 1.82) is 0 Å². The summed E-state index contributed by atoms with van der Waals surface area (Å²) in [6, 6.07) is 4.80. The number of amides is 1. The van der Waals surface area contributed by atoms with Crippen LogP contribution in [0.15, 0.2) is 18.2 Å². The number of hydrogen-bond acceptors (Lipinski definition) is 3. The molecule has 5 heteroatoms. The van der Waals surface area contributed by atoms with Gasteiger partial charge < -0.3 is 14.4 Å². The van der Waals surface area contributed by atoms with Crippen LogP contribution in [0, 0.1) is 11.7 Å². The lowest BCUT2D eigenvalue weighted by atomic mass is 10.1. The fourth-order valence-corrected chi connectivity index (χ4v) is 2.23. The Bertz CT molecular complexity index is 477. The van der Waals surface area contributed by atoms with Crippen LogP contribution in [0.5, 0.6) is 5.75 Å². The second-order valence-electron chi connectivity index (χ2n) is 5.70. The van der Waals surface area contributed by atoms with Crippen LogP contribution in [0.25, 0.3) is 0 Å². The van der Waals surface area contributed by atoms with Gasteiger partial charge in [-0.15, -0.1) is 0 Å². The molecule has 4 nitrogen and oxygen atoms in total. The summed E-state index contributed by atoms with van der Waals surface area (Å²) < 4.78 is 23.6. The standard InChI is InChI=1S/C17H26FNO3/c1-13(2)12-19(9-10-21-3)17(20)8-6-14-5-7-16(22-4)15(18)11-14/h5,7,11,13H,6,8-10,12H2,1-4H3. The van der Waals surface area contributed by atoms with Crippen molar-refractivity contribution in [3.05, 3.63) is 29.6 Å². The molecule has 22 heavy (non-hydrogen) atoms. The quantitative estimate of drug-likeness (QED) is 0.704. The summed E-state index contributed by atoms with van der Waals surface area (Å²) in [4.78, 5) is 14.1. The van der Waals surface area contributed by atoms with E-state index in [9.17, 15) is 9.18 Å². The number of carbonyl (C=O) groups excluding carboxylic acids is 1. The Morgan fingerprint density at radius 1 is 1.32 bits per heavy atom. The van der Waals surface area contributed by atoms with Gasteiger partial charge in [0.25, 0.3) is 0 Å². The average Bonchev–Trinajstić information content (AvgIpc) is 2.48. The Hall–Kier alpha value is -1.62. The molecule has 0 aromatic heterocycles. The molecule has 0 spiro atoms. The van der Waals surface area contributed by atoms with Gasteiger partial charge >= 0.3 is 0 Å². The van der Waals surface area contributed by atoms with Crippen LogP contribution in [-0.2, 0) is 16.0 Å². The Morgan fingerprint density at radius 2 is 2.05 bits per heavy atom. The molecule has 0 fully saturated rings. The Balaban J connectivity index is 2.59. The zero-order valence-electron chi connectivity index (χ0n) is 13.9. The molecule has 0 radical (unpaired) electrons. The largest absolute Gasteiger partial charge is 0.494 e. The van der Waals surface area contributed by atoms with Crippen molar-refractivity contribution in [3.8, 4) is 5.75 Å². The van der Waals surface area contributed by atoms with E-state index >= 15 is 0 Å². The molecule has 1 aromatic carbocycles.